The molecule has 1 amide bonds. The number of aryl methyl sites for hydroxylation is 1. The fraction of sp³-hybridized carbons (Fsp3) is 0.250. The van der Waals surface area contributed by atoms with E-state index in [1.165, 1.54) is 24.3 Å². The van der Waals surface area contributed by atoms with Gasteiger partial charge in [-0.15, -0.1) is 0 Å². The first-order valence-electron chi connectivity index (χ1n) is 10.0. The predicted octanol–water partition coefficient (Wildman–Crippen LogP) is 4.20. The average molecular weight is 400 g/mol. The van der Waals surface area contributed by atoms with Crippen molar-refractivity contribution >= 4 is 23.1 Å². The fourth-order valence-electron chi connectivity index (χ4n) is 3.37. The first-order chi connectivity index (χ1) is 14.5. The van der Waals surface area contributed by atoms with E-state index in [1.807, 2.05) is 36.4 Å². The van der Waals surface area contributed by atoms with Gasteiger partial charge in [0, 0.05) is 36.7 Å². The quantitative estimate of drug-likeness (QED) is 0.554. The molecule has 4 rings (SSSR count). The topological polar surface area (TPSA) is 84.0 Å². The molecular weight excluding hydrogens is 376 g/mol. The summed E-state index contributed by atoms with van der Waals surface area (Å²) in [6.45, 7) is 2.50. The lowest BCUT2D eigenvalue weighted by atomic mass is 9.95. The molecule has 2 aromatic carbocycles. The van der Waals surface area contributed by atoms with Gasteiger partial charge >= 0.3 is 0 Å². The van der Waals surface area contributed by atoms with Crippen LogP contribution in [0.25, 0.3) is 0 Å². The maximum Gasteiger partial charge on any atom is 0.226 e. The molecule has 1 heterocycles. The molecule has 1 aliphatic rings. The SMILES string of the molecule is Cc1ccc(Nc2ccc(CNC(=O)C3(CC(=O)c4cncnc4)CC3)cc2)cc1. The highest BCUT2D eigenvalue weighted by molar-refractivity contribution is 6.00. The minimum absolute atomic E-state index is 0.0606. The zero-order valence-electron chi connectivity index (χ0n) is 16.9. The lowest BCUT2D eigenvalue weighted by Crippen LogP contribution is -2.33. The number of nitrogens with zero attached hydrogens (tertiary/aromatic N) is 2. The molecule has 0 bridgehead atoms. The third kappa shape index (κ3) is 4.71. The summed E-state index contributed by atoms with van der Waals surface area (Å²) in [5, 5.41) is 6.35. The number of anilines is 2. The average Bonchev–Trinajstić information content (AvgIpc) is 3.56. The van der Waals surface area contributed by atoms with Gasteiger partial charge in [-0.1, -0.05) is 29.8 Å². The van der Waals surface area contributed by atoms with Crippen molar-refractivity contribution in [3.63, 3.8) is 0 Å². The van der Waals surface area contributed by atoms with E-state index in [0.29, 0.717) is 12.1 Å². The first kappa shape index (κ1) is 19.8. The van der Waals surface area contributed by atoms with Gasteiger partial charge in [-0.25, -0.2) is 9.97 Å². The highest BCUT2D eigenvalue weighted by Crippen LogP contribution is 2.49. The lowest BCUT2D eigenvalue weighted by Gasteiger charge is -2.15. The molecule has 0 spiro atoms. The van der Waals surface area contributed by atoms with E-state index in [0.717, 1.165) is 29.8 Å². The van der Waals surface area contributed by atoms with Crippen LogP contribution in [0, 0.1) is 12.3 Å². The van der Waals surface area contributed by atoms with Gasteiger partial charge in [0.1, 0.15) is 6.33 Å². The maximum atomic E-state index is 12.7. The number of ketones is 1. The van der Waals surface area contributed by atoms with Crippen LogP contribution in [-0.2, 0) is 11.3 Å². The second-order valence-corrected chi connectivity index (χ2v) is 7.88. The molecule has 0 atom stereocenters. The fourth-order valence-corrected chi connectivity index (χ4v) is 3.37. The summed E-state index contributed by atoms with van der Waals surface area (Å²) in [6, 6.07) is 16.2. The van der Waals surface area contributed by atoms with Crippen LogP contribution >= 0.6 is 0 Å². The molecule has 0 saturated heterocycles. The van der Waals surface area contributed by atoms with E-state index >= 15 is 0 Å². The first-order valence-corrected chi connectivity index (χ1v) is 10.0. The van der Waals surface area contributed by atoms with Gasteiger partial charge in [0.25, 0.3) is 0 Å². The van der Waals surface area contributed by atoms with E-state index in [9.17, 15) is 9.59 Å². The largest absolute Gasteiger partial charge is 0.356 e. The molecular formula is C24H24N4O2. The number of carbonyl (C=O) groups is 2. The van der Waals surface area contributed by atoms with Gasteiger partial charge in [0.05, 0.1) is 11.0 Å². The number of Topliss-reactive ketones (excluding diaryl/α,β-unsaturated/α-hetero) is 1. The lowest BCUT2D eigenvalue weighted by molar-refractivity contribution is -0.126. The summed E-state index contributed by atoms with van der Waals surface area (Å²) < 4.78 is 0. The Morgan fingerprint density at radius 1 is 0.933 bits per heavy atom. The Bertz CT molecular complexity index is 1030. The van der Waals surface area contributed by atoms with Gasteiger partial charge < -0.3 is 10.6 Å². The highest BCUT2D eigenvalue weighted by Gasteiger charge is 2.50. The van der Waals surface area contributed by atoms with Crippen LogP contribution in [0.3, 0.4) is 0 Å². The Morgan fingerprint density at radius 3 is 2.13 bits per heavy atom. The Balaban J connectivity index is 1.30. The van der Waals surface area contributed by atoms with Crippen LogP contribution in [0.2, 0.25) is 0 Å². The molecule has 1 aliphatic carbocycles. The van der Waals surface area contributed by atoms with Crippen molar-refractivity contribution in [2.75, 3.05) is 5.32 Å². The van der Waals surface area contributed by atoms with Crippen molar-refractivity contribution in [2.45, 2.75) is 32.7 Å². The van der Waals surface area contributed by atoms with Gasteiger partial charge in [0.2, 0.25) is 5.91 Å². The zero-order chi connectivity index (χ0) is 21.0. The molecule has 1 fully saturated rings. The third-order valence-corrected chi connectivity index (χ3v) is 5.46. The van der Waals surface area contributed by atoms with Crippen molar-refractivity contribution in [2.24, 2.45) is 5.41 Å². The normalized spacial score (nSPS) is 14.0. The second-order valence-electron chi connectivity index (χ2n) is 7.88. The molecule has 2 N–H and O–H groups in total. The number of carbonyl (C=O) groups excluding carboxylic acids is 2. The number of hydrogen-bond acceptors (Lipinski definition) is 5. The van der Waals surface area contributed by atoms with Crippen molar-refractivity contribution in [3.05, 3.63) is 83.9 Å². The monoisotopic (exact) mass is 400 g/mol. The summed E-state index contributed by atoms with van der Waals surface area (Å²) >= 11 is 0. The van der Waals surface area contributed by atoms with Crippen molar-refractivity contribution in [1.29, 1.82) is 0 Å². The standard InChI is InChI=1S/C24H24N4O2/c1-17-2-6-20(7-3-17)28-21-8-4-18(5-9-21)13-27-23(30)24(10-11-24)12-22(29)19-14-25-16-26-15-19/h2-9,14-16,28H,10-13H2,1H3,(H,27,30). The summed E-state index contributed by atoms with van der Waals surface area (Å²) in [5.41, 5.74) is 4.12. The summed E-state index contributed by atoms with van der Waals surface area (Å²) in [7, 11) is 0. The van der Waals surface area contributed by atoms with E-state index < -0.39 is 5.41 Å². The number of hydrogen-bond donors (Lipinski definition) is 2. The number of benzene rings is 2. The highest BCUT2D eigenvalue weighted by atomic mass is 16.2. The van der Waals surface area contributed by atoms with Crippen LogP contribution in [-0.4, -0.2) is 21.7 Å². The third-order valence-electron chi connectivity index (χ3n) is 5.46. The zero-order valence-corrected chi connectivity index (χ0v) is 16.9. The molecule has 0 unspecified atom stereocenters. The van der Waals surface area contributed by atoms with Crippen molar-refractivity contribution in [3.8, 4) is 0 Å². The minimum Gasteiger partial charge on any atom is -0.356 e. The molecule has 0 radical (unpaired) electrons. The van der Waals surface area contributed by atoms with Crippen LogP contribution in [0.1, 0.15) is 40.7 Å². The molecule has 0 aliphatic heterocycles. The van der Waals surface area contributed by atoms with E-state index in [4.69, 9.17) is 0 Å². The molecule has 1 aromatic heterocycles. The summed E-state index contributed by atoms with van der Waals surface area (Å²) in [4.78, 5) is 32.9. The van der Waals surface area contributed by atoms with Crippen LogP contribution < -0.4 is 10.6 Å². The maximum absolute atomic E-state index is 12.7. The molecule has 30 heavy (non-hydrogen) atoms. The van der Waals surface area contributed by atoms with Crippen molar-refractivity contribution < 1.29 is 9.59 Å². The molecule has 6 heteroatoms. The van der Waals surface area contributed by atoms with E-state index in [1.54, 1.807) is 0 Å². The Kier molecular flexibility index (Phi) is 5.57. The molecule has 3 aromatic rings. The van der Waals surface area contributed by atoms with Crippen LogP contribution in [0.15, 0.2) is 67.3 Å². The van der Waals surface area contributed by atoms with Gasteiger partial charge in [-0.2, -0.15) is 0 Å². The summed E-state index contributed by atoms with van der Waals surface area (Å²) in [6.07, 6.45) is 6.05. The number of aromatic nitrogens is 2. The molecule has 6 nitrogen and oxygen atoms in total. The smallest absolute Gasteiger partial charge is 0.226 e. The van der Waals surface area contributed by atoms with Crippen LogP contribution in [0.5, 0.6) is 0 Å². The van der Waals surface area contributed by atoms with E-state index in [-0.39, 0.29) is 18.1 Å². The Labute approximate surface area is 175 Å². The van der Waals surface area contributed by atoms with E-state index in [2.05, 4.69) is 39.7 Å². The summed E-state index contributed by atoms with van der Waals surface area (Å²) in [5.74, 6) is -0.149. The van der Waals surface area contributed by atoms with Crippen LogP contribution in [0.4, 0.5) is 11.4 Å². The molecule has 152 valence electrons. The Morgan fingerprint density at radius 2 is 1.53 bits per heavy atom. The van der Waals surface area contributed by atoms with Crippen molar-refractivity contribution in [1.82, 2.24) is 15.3 Å². The number of rotatable bonds is 8. The molecule has 1 saturated carbocycles. The second kappa shape index (κ2) is 8.45. The number of nitrogens with one attached hydrogen (secondary N) is 2. The van der Waals surface area contributed by atoms with Gasteiger partial charge in [0.15, 0.2) is 5.78 Å². The predicted molar refractivity (Wildman–Crippen MR) is 115 cm³/mol. The minimum atomic E-state index is -0.583. The number of amides is 1. The Hall–Kier alpha value is -3.54. The van der Waals surface area contributed by atoms with Gasteiger partial charge in [-0.05, 0) is 49.6 Å². The van der Waals surface area contributed by atoms with Gasteiger partial charge in [-0.3, -0.25) is 9.59 Å².